The molecule has 0 unspecified atom stereocenters. The van der Waals surface area contributed by atoms with Crippen LogP contribution in [0.4, 0.5) is 17.1 Å². The number of hydrogen-bond donors (Lipinski definition) is 0. The fourth-order valence-corrected chi connectivity index (χ4v) is 8.62. The van der Waals surface area contributed by atoms with E-state index in [9.17, 15) is 0 Å². The zero-order valence-electron chi connectivity index (χ0n) is 25.3. The summed E-state index contributed by atoms with van der Waals surface area (Å²) in [5.74, 6) is 0. The fraction of sp³-hybridized carbons (Fsp3) is 0.0698. The van der Waals surface area contributed by atoms with Crippen molar-refractivity contribution in [2.24, 2.45) is 0 Å². The highest BCUT2D eigenvalue weighted by Crippen LogP contribution is 2.51. The summed E-state index contributed by atoms with van der Waals surface area (Å²) in [6.07, 6.45) is 0. The summed E-state index contributed by atoms with van der Waals surface area (Å²) in [5.41, 5.74) is 11.4. The molecule has 0 N–H and O–H groups in total. The molecule has 1 aliphatic rings. The van der Waals surface area contributed by atoms with Gasteiger partial charge in [0.25, 0.3) is 0 Å². The lowest BCUT2D eigenvalue weighted by Gasteiger charge is -2.28. The summed E-state index contributed by atoms with van der Waals surface area (Å²) in [6.45, 7) is 4.71. The second kappa shape index (κ2) is 9.92. The Balaban J connectivity index is 1.24. The Bertz CT molecular complexity index is 2430. The van der Waals surface area contributed by atoms with E-state index in [2.05, 4.69) is 170 Å². The molecular weight excluding hydrogens is 563 g/mol. The minimum Gasteiger partial charge on any atom is -0.310 e. The molecule has 1 aromatic heterocycles. The van der Waals surface area contributed by atoms with Gasteiger partial charge in [-0.15, -0.1) is 11.3 Å². The zero-order valence-corrected chi connectivity index (χ0v) is 26.1. The molecule has 0 amide bonds. The molecule has 0 aliphatic heterocycles. The molecule has 0 saturated heterocycles. The highest BCUT2D eigenvalue weighted by atomic mass is 32.1. The summed E-state index contributed by atoms with van der Waals surface area (Å²) in [4.78, 5) is 2.43. The average molecular weight is 594 g/mol. The number of thiophene rings is 1. The van der Waals surface area contributed by atoms with Crippen LogP contribution in [-0.2, 0) is 5.41 Å². The lowest BCUT2D eigenvalue weighted by Crippen LogP contribution is -2.16. The van der Waals surface area contributed by atoms with E-state index in [4.69, 9.17) is 0 Å². The van der Waals surface area contributed by atoms with Gasteiger partial charge in [-0.05, 0) is 86.6 Å². The maximum Gasteiger partial charge on any atom is 0.0468 e. The van der Waals surface area contributed by atoms with Gasteiger partial charge in [-0.1, -0.05) is 123 Å². The molecule has 2 heteroatoms. The summed E-state index contributed by atoms with van der Waals surface area (Å²) in [5, 5.41) is 5.14. The monoisotopic (exact) mass is 593 g/mol. The number of fused-ring (bicyclic) bond motifs is 7. The van der Waals surface area contributed by atoms with Crippen molar-refractivity contribution in [1.82, 2.24) is 0 Å². The van der Waals surface area contributed by atoms with Crippen LogP contribution in [0.1, 0.15) is 25.0 Å². The molecule has 214 valence electrons. The summed E-state index contributed by atoms with van der Waals surface area (Å²) >= 11 is 1.89. The molecule has 7 aromatic carbocycles. The first-order valence-corrected chi connectivity index (χ1v) is 16.4. The molecule has 0 radical (unpaired) electrons. The first-order chi connectivity index (χ1) is 22.1. The van der Waals surface area contributed by atoms with Crippen LogP contribution < -0.4 is 4.90 Å². The molecule has 0 bridgehead atoms. The van der Waals surface area contributed by atoms with Gasteiger partial charge < -0.3 is 4.90 Å². The quantitative estimate of drug-likeness (QED) is 0.196. The first-order valence-electron chi connectivity index (χ1n) is 15.6. The maximum absolute atomic E-state index is 2.43. The van der Waals surface area contributed by atoms with E-state index >= 15 is 0 Å². The van der Waals surface area contributed by atoms with Gasteiger partial charge in [-0.2, -0.15) is 0 Å². The van der Waals surface area contributed by atoms with Crippen LogP contribution in [0.15, 0.2) is 152 Å². The molecule has 9 rings (SSSR count). The van der Waals surface area contributed by atoms with Gasteiger partial charge in [0.15, 0.2) is 0 Å². The van der Waals surface area contributed by atoms with E-state index in [1.54, 1.807) is 0 Å². The molecule has 1 heterocycles. The normalized spacial score (nSPS) is 13.3. The van der Waals surface area contributed by atoms with Crippen LogP contribution in [0.2, 0.25) is 0 Å². The van der Waals surface area contributed by atoms with Crippen LogP contribution in [0, 0.1) is 0 Å². The van der Waals surface area contributed by atoms with Crippen LogP contribution in [-0.4, -0.2) is 0 Å². The van der Waals surface area contributed by atoms with E-state index in [0.29, 0.717) is 0 Å². The van der Waals surface area contributed by atoms with Crippen molar-refractivity contribution in [3.05, 3.63) is 163 Å². The molecule has 1 nitrogen and oxygen atoms in total. The molecule has 0 fully saturated rings. The predicted molar refractivity (Wildman–Crippen MR) is 195 cm³/mol. The fourth-order valence-electron chi connectivity index (χ4n) is 7.38. The SMILES string of the molecule is CC1(C)c2ccccc2-c2ccc(N(c3cccc(-c4cccc5c4sc4ccccc45)c3)c3ccc4ccccc4c3)cc21. The number of anilines is 3. The van der Waals surface area contributed by atoms with Crippen molar-refractivity contribution in [3.8, 4) is 22.3 Å². The summed E-state index contributed by atoms with van der Waals surface area (Å²) in [6, 6.07) is 55.9. The van der Waals surface area contributed by atoms with Crippen molar-refractivity contribution >= 4 is 59.3 Å². The zero-order chi connectivity index (χ0) is 30.1. The minimum atomic E-state index is -0.0737. The molecule has 0 spiro atoms. The standard InChI is InChI=1S/C43H31NS/c1-43(2)39-19-7-5-15-35(39)36-24-23-33(27-40(36)43)44(32-22-21-28-11-3-4-12-29(28)25-32)31-14-9-13-30(26-31)34-17-10-18-38-37-16-6-8-20-41(37)45-42(34)38/h3-27H,1-2H3. The minimum absolute atomic E-state index is 0.0737. The summed E-state index contributed by atoms with van der Waals surface area (Å²) < 4.78 is 2.67. The molecule has 45 heavy (non-hydrogen) atoms. The van der Waals surface area contributed by atoms with Crippen molar-refractivity contribution in [1.29, 1.82) is 0 Å². The highest BCUT2D eigenvalue weighted by molar-refractivity contribution is 7.26. The highest BCUT2D eigenvalue weighted by Gasteiger charge is 2.35. The summed E-state index contributed by atoms with van der Waals surface area (Å²) in [7, 11) is 0. The number of hydrogen-bond acceptors (Lipinski definition) is 2. The lowest BCUT2D eigenvalue weighted by molar-refractivity contribution is 0.660. The van der Waals surface area contributed by atoms with Crippen LogP contribution >= 0.6 is 11.3 Å². The van der Waals surface area contributed by atoms with Gasteiger partial charge >= 0.3 is 0 Å². The smallest absolute Gasteiger partial charge is 0.0468 e. The Hall–Kier alpha value is -5.18. The Morgan fingerprint density at radius 3 is 2.07 bits per heavy atom. The van der Waals surface area contributed by atoms with Crippen LogP contribution in [0.5, 0.6) is 0 Å². The molecular formula is C43H31NS. The largest absolute Gasteiger partial charge is 0.310 e. The van der Waals surface area contributed by atoms with Crippen LogP contribution in [0.3, 0.4) is 0 Å². The first kappa shape index (κ1) is 26.2. The van der Waals surface area contributed by atoms with Crippen molar-refractivity contribution in [2.45, 2.75) is 19.3 Å². The van der Waals surface area contributed by atoms with Gasteiger partial charge in [0, 0.05) is 42.6 Å². The van der Waals surface area contributed by atoms with Crippen molar-refractivity contribution in [3.63, 3.8) is 0 Å². The van der Waals surface area contributed by atoms with E-state index < -0.39 is 0 Å². The topological polar surface area (TPSA) is 3.24 Å². The Kier molecular flexibility index (Phi) is 5.78. The van der Waals surface area contributed by atoms with Gasteiger partial charge in [-0.25, -0.2) is 0 Å². The molecule has 0 saturated carbocycles. The second-order valence-electron chi connectivity index (χ2n) is 12.6. The number of nitrogens with zero attached hydrogens (tertiary/aromatic N) is 1. The maximum atomic E-state index is 2.43. The van der Waals surface area contributed by atoms with E-state index in [1.807, 2.05) is 11.3 Å². The van der Waals surface area contributed by atoms with Gasteiger partial charge in [0.05, 0.1) is 0 Å². The van der Waals surface area contributed by atoms with Gasteiger partial charge in [-0.3, -0.25) is 0 Å². The number of rotatable bonds is 4. The third kappa shape index (κ3) is 4.06. The van der Waals surface area contributed by atoms with Gasteiger partial charge in [0.2, 0.25) is 0 Å². The molecule has 1 aliphatic carbocycles. The van der Waals surface area contributed by atoms with Crippen molar-refractivity contribution in [2.75, 3.05) is 4.90 Å². The van der Waals surface area contributed by atoms with Gasteiger partial charge in [0.1, 0.15) is 0 Å². The van der Waals surface area contributed by atoms with E-state index in [-0.39, 0.29) is 5.41 Å². The number of benzene rings is 7. The Labute approximate surface area is 267 Å². The molecule has 8 aromatic rings. The Morgan fingerprint density at radius 2 is 1.13 bits per heavy atom. The Morgan fingerprint density at radius 1 is 0.467 bits per heavy atom. The average Bonchev–Trinajstić information content (AvgIpc) is 3.57. The predicted octanol–water partition coefficient (Wildman–Crippen LogP) is 12.7. The van der Waals surface area contributed by atoms with E-state index in [0.717, 1.165) is 11.4 Å². The van der Waals surface area contributed by atoms with Crippen molar-refractivity contribution < 1.29 is 0 Å². The molecule has 0 atom stereocenters. The third-order valence-corrected chi connectivity index (χ3v) is 10.9. The van der Waals surface area contributed by atoms with E-state index in [1.165, 1.54) is 70.0 Å². The second-order valence-corrected chi connectivity index (χ2v) is 13.7. The van der Waals surface area contributed by atoms with Crippen LogP contribution in [0.25, 0.3) is 53.2 Å². The third-order valence-electron chi connectivity index (χ3n) is 9.64. The lowest BCUT2D eigenvalue weighted by atomic mass is 9.82.